The smallest absolute Gasteiger partial charge is 0.306 e. The lowest BCUT2D eigenvalue weighted by molar-refractivity contribution is -0.142. The highest BCUT2D eigenvalue weighted by molar-refractivity contribution is 5.70. The van der Waals surface area contributed by atoms with Crippen molar-refractivity contribution < 1.29 is 14.3 Å². The molecule has 4 heteroatoms. The minimum atomic E-state index is -0.692. The van der Waals surface area contributed by atoms with E-state index in [1.54, 1.807) is 6.07 Å². The van der Waals surface area contributed by atoms with Gasteiger partial charge in [0.25, 0.3) is 0 Å². The molecule has 2 N–H and O–H groups in total. The molecule has 19 heavy (non-hydrogen) atoms. The topological polar surface area (TPSA) is 49.3 Å². The van der Waals surface area contributed by atoms with Crippen LogP contribution in [0.1, 0.15) is 36.8 Å². The fraction of sp³-hybridized carbons (Fsp3) is 0.533. The lowest BCUT2D eigenvalue weighted by Crippen LogP contribution is -2.34. The Balaban J connectivity index is 1.83. The zero-order valence-corrected chi connectivity index (χ0v) is 11.2. The largest absolute Gasteiger partial charge is 0.481 e. The van der Waals surface area contributed by atoms with Gasteiger partial charge in [0.2, 0.25) is 0 Å². The summed E-state index contributed by atoms with van der Waals surface area (Å²) >= 11 is 0. The molecule has 1 aliphatic carbocycles. The second-order valence-electron chi connectivity index (χ2n) is 5.36. The molecular weight excluding hydrogens is 245 g/mol. The van der Waals surface area contributed by atoms with Crippen LogP contribution < -0.4 is 5.32 Å². The van der Waals surface area contributed by atoms with Crippen molar-refractivity contribution in [3.05, 3.63) is 35.1 Å². The first kappa shape index (κ1) is 14.0. The van der Waals surface area contributed by atoms with Crippen LogP contribution in [-0.2, 0) is 11.3 Å². The highest BCUT2D eigenvalue weighted by Gasteiger charge is 2.25. The predicted molar refractivity (Wildman–Crippen MR) is 71.4 cm³/mol. The van der Waals surface area contributed by atoms with Gasteiger partial charge < -0.3 is 10.4 Å². The van der Waals surface area contributed by atoms with Crippen LogP contribution in [0.2, 0.25) is 0 Å². The van der Waals surface area contributed by atoms with Crippen molar-refractivity contribution in [2.75, 3.05) is 0 Å². The van der Waals surface area contributed by atoms with Gasteiger partial charge in [-0.15, -0.1) is 0 Å². The van der Waals surface area contributed by atoms with Crippen LogP contribution >= 0.6 is 0 Å². The predicted octanol–water partition coefficient (Wildman–Crippen LogP) is 2.87. The average Bonchev–Trinajstić information content (AvgIpc) is 2.40. The number of hydrogen-bond acceptors (Lipinski definition) is 2. The zero-order chi connectivity index (χ0) is 13.8. The molecule has 1 fully saturated rings. The van der Waals surface area contributed by atoms with E-state index in [-0.39, 0.29) is 11.7 Å². The minimum Gasteiger partial charge on any atom is -0.481 e. The second kappa shape index (κ2) is 6.15. The number of carboxylic acids is 1. The first-order valence-corrected chi connectivity index (χ1v) is 6.77. The number of aliphatic carboxylic acids is 1. The van der Waals surface area contributed by atoms with Crippen LogP contribution in [0.15, 0.2) is 18.2 Å². The van der Waals surface area contributed by atoms with Gasteiger partial charge in [0, 0.05) is 18.2 Å². The molecule has 0 radical (unpaired) electrons. The average molecular weight is 265 g/mol. The van der Waals surface area contributed by atoms with Crippen LogP contribution in [-0.4, -0.2) is 17.1 Å². The lowest BCUT2D eigenvalue weighted by atomic mass is 9.86. The third kappa shape index (κ3) is 3.77. The Bertz CT molecular complexity index is 453. The number of carbonyl (C=O) groups is 1. The summed E-state index contributed by atoms with van der Waals surface area (Å²) in [7, 11) is 0. The van der Waals surface area contributed by atoms with Crippen molar-refractivity contribution >= 4 is 5.97 Å². The molecule has 0 unspecified atom stereocenters. The molecule has 1 saturated carbocycles. The van der Waals surface area contributed by atoms with Gasteiger partial charge >= 0.3 is 5.97 Å². The van der Waals surface area contributed by atoms with Gasteiger partial charge in [0.05, 0.1) is 5.92 Å². The standard InChI is InChI=1S/C15H20FNO2/c1-10-2-7-14(16)12(8-10)9-17-13-5-3-11(4-6-13)15(18)19/h2,7-8,11,13,17H,3-6,9H2,1H3,(H,18,19). The number of halogens is 1. The summed E-state index contributed by atoms with van der Waals surface area (Å²) in [6.07, 6.45) is 3.13. The van der Waals surface area contributed by atoms with Crippen LogP contribution in [0.5, 0.6) is 0 Å². The maximum atomic E-state index is 13.6. The van der Waals surface area contributed by atoms with Crippen molar-refractivity contribution in [3.8, 4) is 0 Å². The number of nitrogens with one attached hydrogen (secondary N) is 1. The summed E-state index contributed by atoms with van der Waals surface area (Å²) in [6.45, 7) is 2.46. The normalized spacial score (nSPS) is 23.3. The molecule has 1 aromatic rings. The van der Waals surface area contributed by atoms with E-state index in [0.717, 1.165) is 18.4 Å². The van der Waals surface area contributed by atoms with Gasteiger partial charge in [0.15, 0.2) is 0 Å². The summed E-state index contributed by atoms with van der Waals surface area (Å²) in [5.41, 5.74) is 1.73. The summed E-state index contributed by atoms with van der Waals surface area (Å²) in [5.74, 6) is -1.07. The fourth-order valence-corrected chi connectivity index (χ4v) is 2.64. The van der Waals surface area contributed by atoms with Crippen molar-refractivity contribution in [2.24, 2.45) is 5.92 Å². The highest BCUT2D eigenvalue weighted by atomic mass is 19.1. The van der Waals surface area contributed by atoms with Crippen LogP contribution in [0, 0.1) is 18.7 Å². The molecule has 0 amide bonds. The third-order valence-corrected chi connectivity index (χ3v) is 3.86. The van der Waals surface area contributed by atoms with Gasteiger partial charge in [-0.3, -0.25) is 4.79 Å². The molecule has 3 nitrogen and oxygen atoms in total. The Morgan fingerprint density at radius 2 is 2.05 bits per heavy atom. The summed E-state index contributed by atoms with van der Waals surface area (Å²) < 4.78 is 13.6. The Kier molecular flexibility index (Phi) is 4.53. The first-order chi connectivity index (χ1) is 9.06. The van der Waals surface area contributed by atoms with Crippen molar-refractivity contribution in [2.45, 2.75) is 45.2 Å². The van der Waals surface area contributed by atoms with Gasteiger partial charge in [-0.05, 0) is 38.7 Å². The van der Waals surface area contributed by atoms with E-state index in [2.05, 4.69) is 5.32 Å². The number of carboxylic acid groups (broad SMARTS) is 1. The van der Waals surface area contributed by atoms with Gasteiger partial charge in [-0.25, -0.2) is 4.39 Å². The molecular formula is C15H20FNO2. The number of hydrogen-bond donors (Lipinski definition) is 2. The number of benzene rings is 1. The van der Waals surface area contributed by atoms with E-state index in [9.17, 15) is 9.18 Å². The van der Waals surface area contributed by atoms with E-state index >= 15 is 0 Å². The molecule has 2 rings (SSSR count). The van der Waals surface area contributed by atoms with Crippen molar-refractivity contribution in [3.63, 3.8) is 0 Å². The van der Waals surface area contributed by atoms with Crippen LogP contribution in [0.25, 0.3) is 0 Å². The summed E-state index contributed by atoms with van der Waals surface area (Å²) in [4.78, 5) is 10.9. The Morgan fingerprint density at radius 1 is 1.37 bits per heavy atom. The van der Waals surface area contributed by atoms with Crippen LogP contribution in [0.3, 0.4) is 0 Å². The van der Waals surface area contributed by atoms with Crippen molar-refractivity contribution in [1.29, 1.82) is 0 Å². The van der Waals surface area contributed by atoms with Gasteiger partial charge in [-0.1, -0.05) is 17.7 Å². The lowest BCUT2D eigenvalue weighted by Gasteiger charge is -2.27. The van der Waals surface area contributed by atoms with E-state index < -0.39 is 5.97 Å². The molecule has 1 aromatic carbocycles. The molecule has 0 saturated heterocycles. The number of rotatable bonds is 4. The fourth-order valence-electron chi connectivity index (χ4n) is 2.64. The van der Waals surface area contributed by atoms with Gasteiger partial charge in [-0.2, -0.15) is 0 Å². The molecule has 104 valence electrons. The van der Waals surface area contributed by atoms with E-state index in [1.165, 1.54) is 6.07 Å². The SMILES string of the molecule is Cc1ccc(F)c(CNC2CCC(C(=O)O)CC2)c1. The first-order valence-electron chi connectivity index (χ1n) is 6.77. The third-order valence-electron chi connectivity index (χ3n) is 3.86. The van der Waals surface area contributed by atoms with Crippen molar-refractivity contribution in [1.82, 2.24) is 5.32 Å². The Labute approximate surface area is 112 Å². The summed E-state index contributed by atoms with van der Waals surface area (Å²) in [5, 5.41) is 12.3. The van der Waals surface area contributed by atoms with E-state index in [4.69, 9.17) is 5.11 Å². The summed E-state index contributed by atoms with van der Waals surface area (Å²) in [6, 6.07) is 5.41. The quantitative estimate of drug-likeness (QED) is 0.880. The maximum Gasteiger partial charge on any atom is 0.306 e. The monoisotopic (exact) mass is 265 g/mol. The van der Waals surface area contributed by atoms with E-state index in [0.29, 0.717) is 31.0 Å². The molecule has 0 aliphatic heterocycles. The van der Waals surface area contributed by atoms with Gasteiger partial charge in [0.1, 0.15) is 5.82 Å². The Morgan fingerprint density at radius 3 is 2.68 bits per heavy atom. The maximum absolute atomic E-state index is 13.6. The molecule has 0 bridgehead atoms. The molecule has 1 aliphatic rings. The van der Waals surface area contributed by atoms with Crippen LogP contribution in [0.4, 0.5) is 4.39 Å². The Hall–Kier alpha value is -1.42. The molecule has 0 atom stereocenters. The molecule has 0 heterocycles. The highest BCUT2D eigenvalue weighted by Crippen LogP contribution is 2.24. The number of aryl methyl sites for hydroxylation is 1. The minimum absolute atomic E-state index is 0.183. The molecule has 0 spiro atoms. The molecule has 0 aromatic heterocycles. The van der Waals surface area contributed by atoms with E-state index in [1.807, 2.05) is 13.0 Å². The second-order valence-corrected chi connectivity index (χ2v) is 5.36. The zero-order valence-electron chi connectivity index (χ0n) is 11.2.